The van der Waals surface area contributed by atoms with E-state index in [9.17, 15) is 9.59 Å². The monoisotopic (exact) mass is 393 g/mol. The molecule has 0 atom stereocenters. The van der Waals surface area contributed by atoms with Crippen LogP contribution >= 0.6 is 0 Å². The molecule has 1 saturated heterocycles. The van der Waals surface area contributed by atoms with Gasteiger partial charge in [-0.25, -0.2) is 4.98 Å². The van der Waals surface area contributed by atoms with Gasteiger partial charge >= 0.3 is 0 Å². The molecule has 3 N–H and O–H groups in total. The average molecular weight is 393 g/mol. The van der Waals surface area contributed by atoms with Gasteiger partial charge in [-0.05, 0) is 56.0 Å². The summed E-state index contributed by atoms with van der Waals surface area (Å²) in [6.07, 6.45) is 3.64. The summed E-state index contributed by atoms with van der Waals surface area (Å²) < 4.78 is 0. The lowest BCUT2D eigenvalue weighted by Crippen LogP contribution is -2.44. The molecule has 4 rings (SSSR count). The molecule has 2 aliphatic rings. The van der Waals surface area contributed by atoms with Gasteiger partial charge in [0, 0.05) is 44.0 Å². The Balaban J connectivity index is 1.62. The highest BCUT2D eigenvalue weighted by Crippen LogP contribution is 2.27. The number of carbonyl (C=O) groups excluding carboxylic acids is 2. The Labute approximate surface area is 170 Å². The van der Waals surface area contributed by atoms with E-state index in [0.29, 0.717) is 22.6 Å². The number of hydrogen-bond acceptors (Lipinski definition) is 5. The highest BCUT2D eigenvalue weighted by Gasteiger charge is 2.25. The molecule has 7 nitrogen and oxygen atoms in total. The Kier molecular flexibility index (Phi) is 5.49. The minimum atomic E-state index is -0.203. The molecular formula is C22H27N5O2. The standard InChI is InChI=1S/C22H27N5O2/c1-14-3-4-16(11-15(14)2)21(28)26-19-12-17(22(29)25-18-5-6-18)13-24-20(19)27-9-7-23-8-10-27/h3-4,11-13,18,23H,5-10H2,1-2H3,(H,25,29)(H,26,28). The first kappa shape index (κ1) is 19.4. The number of piperazine rings is 1. The number of rotatable bonds is 5. The summed E-state index contributed by atoms with van der Waals surface area (Å²) in [6.45, 7) is 7.32. The molecule has 152 valence electrons. The van der Waals surface area contributed by atoms with Gasteiger partial charge in [0.25, 0.3) is 11.8 Å². The van der Waals surface area contributed by atoms with E-state index in [1.54, 1.807) is 12.3 Å². The van der Waals surface area contributed by atoms with Crippen molar-refractivity contribution < 1.29 is 9.59 Å². The van der Waals surface area contributed by atoms with Crippen LogP contribution in [-0.2, 0) is 0 Å². The third-order valence-electron chi connectivity index (χ3n) is 5.48. The first-order chi connectivity index (χ1) is 14.0. The number of carbonyl (C=O) groups is 2. The first-order valence-corrected chi connectivity index (χ1v) is 10.2. The summed E-state index contributed by atoms with van der Waals surface area (Å²) >= 11 is 0. The van der Waals surface area contributed by atoms with E-state index in [-0.39, 0.29) is 17.9 Å². The normalized spacial score (nSPS) is 16.4. The van der Waals surface area contributed by atoms with E-state index in [0.717, 1.165) is 50.1 Å². The van der Waals surface area contributed by atoms with Crippen molar-refractivity contribution in [3.63, 3.8) is 0 Å². The van der Waals surface area contributed by atoms with Gasteiger partial charge in [-0.2, -0.15) is 0 Å². The molecule has 1 aliphatic heterocycles. The molecule has 1 aromatic heterocycles. The smallest absolute Gasteiger partial charge is 0.255 e. The SMILES string of the molecule is Cc1ccc(C(=O)Nc2cc(C(=O)NC3CC3)cnc2N2CCNCC2)cc1C. The lowest BCUT2D eigenvalue weighted by atomic mass is 10.1. The van der Waals surface area contributed by atoms with Crippen molar-refractivity contribution in [2.24, 2.45) is 0 Å². The molecule has 1 aliphatic carbocycles. The number of nitrogens with one attached hydrogen (secondary N) is 3. The quantitative estimate of drug-likeness (QED) is 0.725. The number of benzene rings is 1. The second-order valence-corrected chi connectivity index (χ2v) is 7.83. The third kappa shape index (κ3) is 4.56. The highest BCUT2D eigenvalue weighted by molar-refractivity contribution is 6.06. The Morgan fingerprint density at radius 1 is 1.03 bits per heavy atom. The summed E-state index contributed by atoms with van der Waals surface area (Å²) in [7, 11) is 0. The molecule has 2 amide bonds. The second kappa shape index (κ2) is 8.21. The van der Waals surface area contributed by atoms with Crippen LogP contribution in [-0.4, -0.2) is 49.0 Å². The van der Waals surface area contributed by atoms with Crippen LogP contribution in [0.4, 0.5) is 11.5 Å². The minimum Gasteiger partial charge on any atom is -0.352 e. The molecule has 29 heavy (non-hydrogen) atoms. The van der Waals surface area contributed by atoms with Crippen LogP contribution in [0.1, 0.15) is 44.7 Å². The molecule has 2 heterocycles. The molecule has 0 spiro atoms. The average Bonchev–Trinajstić information content (AvgIpc) is 3.54. The van der Waals surface area contributed by atoms with Crippen LogP contribution in [0.25, 0.3) is 0 Å². The minimum absolute atomic E-state index is 0.145. The molecular weight excluding hydrogens is 366 g/mol. The van der Waals surface area contributed by atoms with Crippen LogP contribution in [0, 0.1) is 13.8 Å². The van der Waals surface area contributed by atoms with E-state index in [1.807, 2.05) is 32.0 Å². The lowest BCUT2D eigenvalue weighted by molar-refractivity contribution is 0.0949. The highest BCUT2D eigenvalue weighted by atomic mass is 16.2. The van der Waals surface area contributed by atoms with E-state index < -0.39 is 0 Å². The maximum absolute atomic E-state index is 12.9. The topological polar surface area (TPSA) is 86.4 Å². The third-order valence-corrected chi connectivity index (χ3v) is 5.48. The van der Waals surface area contributed by atoms with Crippen LogP contribution in [0.5, 0.6) is 0 Å². The fourth-order valence-electron chi connectivity index (χ4n) is 3.38. The van der Waals surface area contributed by atoms with Crippen molar-refractivity contribution in [1.29, 1.82) is 0 Å². The summed E-state index contributed by atoms with van der Waals surface area (Å²) in [5, 5.41) is 9.29. The fraction of sp³-hybridized carbons (Fsp3) is 0.409. The van der Waals surface area contributed by atoms with Crippen molar-refractivity contribution in [2.45, 2.75) is 32.7 Å². The van der Waals surface area contributed by atoms with Crippen molar-refractivity contribution in [3.8, 4) is 0 Å². The van der Waals surface area contributed by atoms with Gasteiger partial charge in [-0.15, -0.1) is 0 Å². The lowest BCUT2D eigenvalue weighted by Gasteiger charge is -2.30. The largest absolute Gasteiger partial charge is 0.352 e. The zero-order chi connectivity index (χ0) is 20.4. The summed E-state index contributed by atoms with van der Waals surface area (Å²) in [5.41, 5.74) is 3.83. The van der Waals surface area contributed by atoms with E-state index in [4.69, 9.17) is 0 Å². The second-order valence-electron chi connectivity index (χ2n) is 7.83. The molecule has 1 aromatic carbocycles. The number of hydrogen-bond donors (Lipinski definition) is 3. The molecule has 7 heteroatoms. The molecule has 1 saturated carbocycles. The molecule has 2 aromatic rings. The summed E-state index contributed by atoms with van der Waals surface area (Å²) in [6, 6.07) is 7.65. The maximum Gasteiger partial charge on any atom is 0.255 e. The molecule has 0 bridgehead atoms. The Bertz CT molecular complexity index is 933. The predicted octanol–water partition coefficient (Wildman–Crippen LogP) is 2.25. The van der Waals surface area contributed by atoms with Crippen LogP contribution in [0.3, 0.4) is 0 Å². The van der Waals surface area contributed by atoms with Gasteiger partial charge in [0.15, 0.2) is 5.82 Å². The maximum atomic E-state index is 12.9. The summed E-state index contributed by atoms with van der Waals surface area (Å²) in [5.74, 6) is 0.353. The molecule has 0 unspecified atom stereocenters. The van der Waals surface area contributed by atoms with Crippen LogP contribution in [0.2, 0.25) is 0 Å². The molecule has 0 radical (unpaired) electrons. The van der Waals surface area contributed by atoms with Gasteiger partial charge in [-0.1, -0.05) is 6.07 Å². The van der Waals surface area contributed by atoms with E-state index >= 15 is 0 Å². The molecule has 2 fully saturated rings. The van der Waals surface area contributed by atoms with E-state index in [2.05, 4.69) is 25.8 Å². The van der Waals surface area contributed by atoms with Gasteiger partial charge in [0.1, 0.15) is 0 Å². The summed E-state index contributed by atoms with van der Waals surface area (Å²) in [4.78, 5) is 32.1. The first-order valence-electron chi connectivity index (χ1n) is 10.2. The van der Waals surface area contributed by atoms with Gasteiger partial charge in [-0.3, -0.25) is 9.59 Å². The van der Waals surface area contributed by atoms with Gasteiger partial charge < -0.3 is 20.9 Å². The van der Waals surface area contributed by atoms with Crippen molar-refractivity contribution in [2.75, 3.05) is 36.4 Å². The van der Waals surface area contributed by atoms with Crippen molar-refractivity contribution >= 4 is 23.3 Å². The van der Waals surface area contributed by atoms with Crippen molar-refractivity contribution in [1.82, 2.24) is 15.6 Å². The van der Waals surface area contributed by atoms with Crippen LogP contribution in [0.15, 0.2) is 30.5 Å². The zero-order valence-electron chi connectivity index (χ0n) is 16.9. The number of pyridine rings is 1. The number of anilines is 2. The number of aromatic nitrogens is 1. The number of amides is 2. The van der Waals surface area contributed by atoms with Crippen molar-refractivity contribution in [3.05, 3.63) is 52.7 Å². The fourth-order valence-corrected chi connectivity index (χ4v) is 3.38. The van der Waals surface area contributed by atoms with Gasteiger partial charge in [0.05, 0.1) is 11.3 Å². The number of aryl methyl sites for hydroxylation is 2. The predicted molar refractivity (Wildman–Crippen MR) is 114 cm³/mol. The van der Waals surface area contributed by atoms with Crippen LogP contribution < -0.4 is 20.9 Å². The van der Waals surface area contributed by atoms with Gasteiger partial charge in [0.2, 0.25) is 0 Å². The Morgan fingerprint density at radius 3 is 2.48 bits per heavy atom. The number of nitrogens with zero attached hydrogens (tertiary/aromatic N) is 2. The Hall–Kier alpha value is -2.93. The zero-order valence-corrected chi connectivity index (χ0v) is 16.9. The van der Waals surface area contributed by atoms with E-state index in [1.165, 1.54) is 0 Å². The Morgan fingerprint density at radius 2 is 1.79 bits per heavy atom.